The van der Waals surface area contributed by atoms with Crippen molar-refractivity contribution in [3.05, 3.63) is 0 Å². The molecular formula is C10H17NO4. The van der Waals surface area contributed by atoms with Gasteiger partial charge >= 0.3 is 5.97 Å². The Morgan fingerprint density at radius 2 is 2.00 bits per heavy atom. The molecule has 0 unspecified atom stereocenters. The van der Waals surface area contributed by atoms with Crippen LogP contribution in [0.1, 0.15) is 32.1 Å². The standard InChI is InChI=1S/C10H17NO4/c12-6-9(10(14)15)11(7-13)8-4-2-1-3-5-8/h7-9,12H,1-6H2,(H,14,15)/t9-/m1/s1. The predicted octanol–water partition coefficient (Wildman–Crippen LogP) is 0.223. The molecule has 2 N–H and O–H groups in total. The molecule has 0 aromatic rings. The number of hydrogen-bond donors (Lipinski definition) is 2. The molecule has 15 heavy (non-hydrogen) atoms. The molecule has 1 fully saturated rings. The summed E-state index contributed by atoms with van der Waals surface area (Å²) in [4.78, 5) is 22.9. The molecule has 0 bridgehead atoms. The van der Waals surface area contributed by atoms with Gasteiger partial charge in [-0.25, -0.2) is 4.79 Å². The van der Waals surface area contributed by atoms with Gasteiger partial charge in [-0.1, -0.05) is 19.3 Å². The van der Waals surface area contributed by atoms with Gasteiger partial charge < -0.3 is 15.1 Å². The monoisotopic (exact) mass is 215 g/mol. The highest BCUT2D eigenvalue weighted by molar-refractivity contribution is 5.76. The molecule has 0 radical (unpaired) electrons. The molecule has 0 aromatic carbocycles. The predicted molar refractivity (Wildman–Crippen MR) is 53.3 cm³/mol. The lowest BCUT2D eigenvalue weighted by Crippen LogP contribution is -2.49. The first-order valence-corrected chi connectivity index (χ1v) is 5.27. The molecule has 1 saturated carbocycles. The summed E-state index contributed by atoms with van der Waals surface area (Å²) in [6.45, 7) is -0.523. The van der Waals surface area contributed by atoms with Crippen molar-refractivity contribution < 1.29 is 19.8 Å². The van der Waals surface area contributed by atoms with E-state index in [9.17, 15) is 9.59 Å². The maximum atomic E-state index is 10.9. The van der Waals surface area contributed by atoms with Crippen LogP contribution in [0.2, 0.25) is 0 Å². The third-order valence-corrected chi connectivity index (χ3v) is 2.94. The number of carboxylic acids is 1. The molecule has 1 aliphatic carbocycles. The second-order valence-electron chi connectivity index (χ2n) is 3.88. The molecule has 0 aliphatic heterocycles. The maximum absolute atomic E-state index is 10.9. The second kappa shape index (κ2) is 5.70. The lowest BCUT2D eigenvalue weighted by Gasteiger charge is -2.34. The number of amides is 1. The Hall–Kier alpha value is -1.10. The van der Waals surface area contributed by atoms with Gasteiger partial charge in [-0.15, -0.1) is 0 Å². The average Bonchev–Trinajstić information content (AvgIpc) is 2.26. The van der Waals surface area contributed by atoms with Gasteiger partial charge in [0.05, 0.1) is 6.61 Å². The minimum absolute atomic E-state index is 0.0236. The number of rotatable bonds is 5. The van der Waals surface area contributed by atoms with Gasteiger partial charge in [-0.3, -0.25) is 4.79 Å². The number of aliphatic hydroxyl groups is 1. The van der Waals surface area contributed by atoms with E-state index in [4.69, 9.17) is 10.2 Å². The summed E-state index contributed by atoms with van der Waals surface area (Å²) in [5.74, 6) is -1.14. The summed E-state index contributed by atoms with van der Waals surface area (Å²) in [6.07, 6.45) is 5.40. The van der Waals surface area contributed by atoms with Gasteiger partial charge in [0.2, 0.25) is 6.41 Å². The Bertz CT molecular complexity index is 225. The zero-order valence-corrected chi connectivity index (χ0v) is 8.63. The molecule has 1 amide bonds. The van der Waals surface area contributed by atoms with Gasteiger partial charge in [-0.2, -0.15) is 0 Å². The van der Waals surface area contributed by atoms with Crippen molar-refractivity contribution in [2.24, 2.45) is 0 Å². The van der Waals surface area contributed by atoms with Crippen molar-refractivity contribution in [1.29, 1.82) is 0 Å². The summed E-state index contributed by atoms with van der Waals surface area (Å²) in [5.41, 5.74) is 0. The van der Waals surface area contributed by atoms with E-state index >= 15 is 0 Å². The molecule has 1 rings (SSSR count). The van der Waals surface area contributed by atoms with Crippen LogP contribution in [0.5, 0.6) is 0 Å². The van der Waals surface area contributed by atoms with Crippen molar-refractivity contribution >= 4 is 12.4 Å². The third-order valence-electron chi connectivity index (χ3n) is 2.94. The Morgan fingerprint density at radius 1 is 1.40 bits per heavy atom. The fourth-order valence-corrected chi connectivity index (χ4v) is 2.09. The quantitative estimate of drug-likeness (QED) is 0.643. The van der Waals surface area contributed by atoms with Crippen molar-refractivity contribution in [1.82, 2.24) is 4.90 Å². The van der Waals surface area contributed by atoms with Gasteiger partial charge in [0.1, 0.15) is 0 Å². The SMILES string of the molecule is O=CN(C1CCCCC1)[C@H](CO)C(=O)O. The number of carbonyl (C=O) groups excluding carboxylic acids is 1. The summed E-state index contributed by atoms with van der Waals surface area (Å²) >= 11 is 0. The maximum Gasteiger partial charge on any atom is 0.328 e. The topological polar surface area (TPSA) is 77.8 Å². The van der Waals surface area contributed by atoms with E-state index in [0.717, 1.165) is 32.1 Å². The zero-order valence-electron chi connectivity index (χ0n) is 8.63. The average molecular weight is 215 g/mol. The zero-order chi connectivity index (χ0) is 11.3. The normalized spacial score (nSPS) is 19.5. The molecule has 5 heteroatoms. The Morgan fingerprint density at radius 3 is 2.40 bits per heavy atom. The molecule has 0 spiro atoms. The minimum Gasteiger partial charge on any atom is -0.480 e. The van der Waals surface area contributed by atoms with Crippen LogP contribution in [0.4, 0.5) is 0 Å². The molecule has 1 atom stereocenters. The first-order valence-electron chi connectivity index (χ1n) is 5.27. The van der Waals surface area contributed by atoms with Crippen LogP contribution in [-0.2, 0) is 9.59 Å². The molecular weight excluding hydrogens is 198 g/mol. The van der Waals surface area contributed by atoms with Crippen molar-refractivity contribution in [2.75, 3.05) is 6.61 Å². The summed E-state index contributed by atoms with van der Waals surface area (Å²) in [5, 5.41) is 17.8. The van der Waals surface area contributed by atoms with Crippen molar-refractivity contribution in [3.63, 3.8) is 0 Å². The largest absolute Gasteiger partial charge is 0.480 e. The smallest absolute Gasteiger partial charge is 0.328 e. The highest BCUT2D eigenvalue weighted by Gasteiger charge is 2.30. The number of aliphatic carboxylic acids is 1. The van der Waals surface area contributed by atoms with Crippen molar-refractivity contribution in [2.45, 2.75) is 44.2 Å². The van der Waals surface area contributed by atoms with E-state index in [0.29, 0.717) is 6.41 Å². The lowest BCUT2D eigenvalue weighted by atomic mass is 9.93. The van der Waals surface area contributed by atoms with Crippen LogP contribution in [-0.4, -0.2) is 46.2 Å². The van der Waals surface area contributed by atoms with Crippen LogP contribution in [0, 0.1) is 0 Å². The first-order chi connectivity index (χ1) is 7.20. The number of carbonyl (C=O) groups is 2. The summed E-state index contributed by atoms with van der Waals surface area (Å²) < 4.78 is 0. The highest BCUT2D eigenvalue weighted by atomic mass is 16.4. The second-order valence-corrected chi connectivity index (χ2v) is 3.88. The van der Waals surface area contributed by atoms with E-state index in [2.05, 4.69) is 0 Å². The number of carboxylic acid groups (broad SMARTS) is 1. The first kappa shape index (κ1) is 12.0. The lowest BCUT2D eigenvalue weighted by molar-refractivity contribution is -0.150. The summed E-state index contributed by atoms with van der Waals surface area (Å²) in [7, 11) is 0. The van der Waals surface area contributed by atoms with Gasteiger partial charge in [0.25, 0.3) is 0 Å². The molecule has 1 aliphatic rings. The Kier molecular flexibility index (Phi) is 4.55. The van der Waals surface area contributed by atoms with E-state index < -0.39 is 18.6 Å². The van der Waals surface area contributed by atoms with Crippen LogP contribution in [0.25, 0.3) is 0 Å². The molecule has 5 nitrogen and oxygen atoms in total. The number of hydrogen-bond acceptors (Lipinski definition) is 3. The Labute approximate surface area is 88.7 Å². The van der Waals surface area contributed by atoms with Gasteiger partial charge in [-0.05, 0) is 12.8 Å². The molecule has 0 saturated heterocycles. The van der Waals surface area contributed by atoms with Crippen LogP contribution < -0.4 is 0 Å². The van der Waals surface area contributed by atoms with E-state index in [1.165, 1.54) is 4.90 Å². The fraction of sp³-hybridized carbons (Fsp3) is 0.800. The van der Waals surface area contributed by atoms with Crippen LogP contribution in [0.3, 0.4) is 0 Å². The van der Waals surface area contributed by atoms with E-state index in [1.807, 2.05) is 0 Å². The highest BCUT2D eigenvalue weighted by Crippen LogP contribution is 2.23. The minimum atomic E-state index is -1.14. The number of aliphatic hydroxyl groups excluding tert-OH is 1. The van der Waals surface area contributed by atoms with Crippen LogP contribution in [0.15, 0.2) is 0 Å². The van der Waals surface area contributed by atoms with E-state index in [-0.39, 0.29) is 6.04 Å². The fourth-order valence-electron chi connectivity index (χ4n) is 2.09. The Balaban J connectivity index is 2.66. The van der Waals surface area contributed by atoms with Gasteiger partial charge in [0.15, 0.2) is 6.04 Å². The van der Waals surface area contributed by atoms with E-state index in [1.54, 1.807) is 0 Å². The molecule has 0 aromatic heterocycles. The molecule has 0 heterocycles. The summed E-state index contributed by atoms with van der Waals surface area (Å²) in [6, 6.07) is -1.12. The molecule has 86 valence electrons. The van der Waals surface area contributed by atoms with Crippen LogP contribution >= 0.6 is 0 Å². The number of nitrogens with zero attached hydrogens (tertiary/aromatic N) is 1. The van der Waals surface area contributed by atoms with Crippen molar-refractivity contribution in [3.8, 4) is 0 Å². The van der Waals surface area contributed by atoms with Gasteiger partial charge in [0, 0.05) is 6.04 Å². The third kappa shape index (κ3) is 2.92.